The maximum Gasteiger partial charge on any atom is 0.376 e. The van der Waals surface area contributed by atoms with Gasteiger partial charge in [0.05, 0.1) is 41.0 Å². The summed E-state index contributed by atoms with van der Waals surface area (Å²) in [4.78, 5) is 18.7. The Morgan fingerprint density at radius 1 is 1.48 bits per heavy atom. The average Bonchev–Trinajstić information content (AvgIpc) is 2.61. The van der Waals surface area contributed by atoms with E-state index in [1.54, 1.807) is 23.8 Å². The van der Waals surface area contributed by atoms with Crippen LogP contribution >= 0.6 is 27.5 Å². The molecule has 1 fully saturated rings. The molecular weight excluding hydrogens is 436 g/mol. The predicted molar refractivity (Wildman–Crippen MR) is 109 cm³/mol. The summed E-state index contributed by atoms with van der Waals surface area (Å²) in [6, 6.07) is 2.88. The Morgan fingerprint density at radius 3 is 2.93 bits per heavy atom. The molecule has 3 N–H and O–H groups in total. The molecule has 1 aliphatic rings. The molecule has 0 spiro atoms. The van der Waals surface area contributed by atoms with Crippen LogP contribution in [-0.4, -0.2) is 61.4 Å². The van der Waals surface area contributed by atoms with Crippen molar-refractivity contribution in [1.29, 1.82) is 0 Å². The number of rotatable bonds is 5. The van der Waals surface area contributed by atoms with Crippen molar-refractivity contribution in [1.82, 2.24) is 14.4 Å². The summed E-state index contributed by atoms with van der Waals surface area (Å²) in [6.07, 6.45) is 1.59. The molecule has 146 valence electrons. The minimum absolute atomic E-state index is 0.0479. The van der Waals surface area contributed by atoms with E-state index in [-0.39, 0.29) is 24.6 Å². The van der Waals surface area contributed by atoms with Crippen molar-refractivity contribution < 1.29 is 15.2 Å². The number of aliphatic hydroxyl groups excluding tert-OH is 2. The van der Waals surface area contributed by atoms with E-state index in [0.29, 0.717) is 33.4 Å². The van der Waals surface area contributed by atoms with Crippen LogP contribution in [0.25, 0.3) is 10.9 Å². The molecule has 0 amide bonds. The lowest BCUT2D eigenvalue weighted by Gasteiger charge is -2.40. The number of fused-ring (bicyclic) bond motifs is 1. The maximum atomic E-state index is 12.7. The second kappa shape index (κ2) is 8.59. The van der Waals surface area contributed by atoms with E-state index in [9.17, 15) is 20.0 Å². The Bertz CT molecular complexity index is 881. The third-order valence-electron chi connectivity index (χ3n) is 5.05. The van der Waals surface area contributed by atoms with Gasteiger partial charge in [-0.2, -0.15) is 0 Å². The van der Waals surface area contributed by atoms with Gasteiger partial charge in [-0.05, 0) is 60.7 Å². The Hall–Kier alpha value is -0.965. The lowest BCUT2D eigenvalue weighted by Crippen LogP contribution is -2.55. The predicted octanol–water partition coefficient (Wildman–Crippen LogP) is 1.50. The highest BCUT2D eigenvalue weighted by Gasteiger charge is 2.35. The van der Waals surface area contributed by atoms with Gasteiger partial charge in [0.25, 0.3) is 5.56 Å². The first-order valence-corrected chi connectivity index (χ1v) is 10.1. The molecule has 3 atom stereocenters. The van der Waals surface area contributed by atoms with E-state index in [2.05, 4.69) is 20.9 Å². The highest BCUT2D eigenvalue weighted by Crippen LogP contribution is 2.26. The number of halogens is 2. The van der Waals surface area contributed by atoms with Crippen molar-refractivity contribution >= 4 is 45.5 Å². The first-order valence-electron chi connectivity index (χ1n) is 8.92. The molecule has 1 aliphatic heterocycles. The van der Waals surface area contributed by atoms with Crippen LogP contribution in [-0.2, 0) is 6.54 Å². The normalized spacial score (nSPS) is 22.1. The minimum Gasteiger partial charge on any atom is -0.437 e. The molecular formula is C17H22BBrClN3O4. The largest absolute Gasteiger partial charge is 0.437 e. The summed E-state index contributed by atoms with van der Waals surface area (Å²) < 4.78 is 2.00. The SMILES string of the molecule is CB(O)N1CCC[C@H](O)[C@H]1C[C@H](O)Cn1cnc2cc(Br)c(Cl)cc2c1=O. The topological polar surface area (TPSA) is 98.8 Å². The molecule has 2 aromatic rings. The molecule has 27 heavy (non-hydrogen) atoms. The molecule has 10 heteroatoms. The van der Waals surface area contributed by atoms with Gasteiger partial charge in [0.2, 0.25) is 0 Å². The Balaban J connectivity index is 1.79. The zero-order valence-corrected chi connectivity index (χ0v) is 17.3. The van der Waals surface area contributed by atoms with Gasteiger partial charge in [0.1, 0.15) is 0 Å². The summed E-state index contributed by atoms with van der Waals surface area (Å²) in [5, 5.41) is 31.5. The van der Waals surface area contributed by atoms with E-state index < -0.39 is 19.3 Å². The molecule has 7 nitrogen and oxygen atoms in total. The third-order valence-corrected chi connectivity index (χ3v) is 6.25. The van der Waals surface area contributed by atoms with Crippen LogP contribution in [0.2, 0.25) is 11.8 Å². The monoisotopic (exact) mass is 457 g/mol. The number of hydrogen-bond donors (Lipinski definition) is 3. The molecule has 3 rings (SSSR count). The molecule has 2 heterocycles. The zero-order chi connectivity index (χ0) is 19.7. The molecule has 0 unspecified atom stereocenters. The van der Waals surface area contributed by atoms with Gasteiger partial charge in [-0.15, -0.1) is 0 Å². The molecule has 0 aliphatic carbocycles. The number of aromatic nitrogens is 2. The van der Waals surface area contributed by atoms with Crippen LogP contribution in [0.1, 0.15) is 19.3 Å². The smallest absolute Gasteiger partial charge is 0.376 e. The molecule has 0 saturated carbocycles. The minimum atomic E-state index is -0.869. The van der Waals surface area contributed by atoms with Gasteiger partial charge in [0.15, 0.2) is 0 Å². The van der Waals surface area contributed by atoms with Crippen molar-refractivity contribution in [2.24, 2.45) is 0 Å². The number of piperidine rings is 1. The standard InChI is InChI=1S/C17H22BBrClN3O4/c1-18(27)23-4-2-3-16(25)15(23)5-10(24)8-22-9-21-14-7-12(19)13(20)6-11(14)17(22)26/h6-7,9-10,15-16,24-25,27H,2-5,8H2,1H3/t10-,15+,16-/m0/s1. The Labute approximate surface area is 170 Å². The molecule has 1 aromatic heterocycles. The van der Waals surface area contributed by atoms with Gasteiger partial charge in [-0.25, -0.2) is 4.98 Å². The second-order valence-corrected chi connectivity index (χ2v) is 8.28. The van der Waals surface area contributed by atoms with Crippen LogP contribution in [0.4, 0.5) is 0 Å². The molecule has 0 radical (unpaired) electrons. The fraction of sp³-hybridized carbons (Fsp3) is 0.529. The van der Waals surface area contributed by atoms with E-state index >= 15 is 0 Å². The highest BCUT2D eigenvalue weighted by atomic mass is 79.9. The van der Waals surface area contributed by atoms with Crippen molar-refractivity contribution in [2.45, 2.75) is 50.9 Å². The van der Waals surface area contributed by atoms with Crippen molar-refractivity contribution in [3.8, 4) is 0 Å². The zero-order valence-electron chi connectivity index (χ0n) is 14.9. The van der Waals surface area contributed by atoms with Crippen LogP contribution in [0.15, 0.2) is 27.7 Å². The summed E-state index contributed by atoms with van der Waals surface area (Å²) in [5.74, 6) is 0. The number of benzene rings is 1. The van der Waals surface area contributed by atoms with Crippen LogP contribution in [0.5, 0.6) is 0 Å². The summed E-state index contributed by atoms with van der Waals surface area (Å²) in [6.45, 7) is 2.36. The van der Waals surface area contributed by atoms with Crippen molar-refractivity contribution in [3.63, 3.8) is 0 Å². The van der Waals surface area contributed by atoms with Gasteiger partial charge in [0, 0.05) is 10.5 Å². The fourth-order valence-corrected chi connectivity index (χ4v) is 4.18. The van der Waals surface area contributed by atoms with Gasteiger partial charge in [-0.1, -0.05) is 11.6 Å². The first-order chi connectivity index (χ1) is 12.8. The van der Waals surface area contributed by atoms with Crippen LogP contribution in [0, 0.1) is 0 Å². The lowest BCUT2D eigenvalue weighted by atomic mass is 9.78. The van der Waals surface area contributed by atoms with Crippen LogP contribution < -0.4 is 5.56 Å². The summed E-state index contributed by atoms with van der Waals surface area (Å²) in [7, 11) is -0.706. The number of hydrogen-bond acceptors (Lipinski definition) is 6. The van der Waals surface area contributed by atoms with E-state index in [4.69, 9.17) is 11.6 Å². The van der Waals surface area contributed by atoms with Crippen molar-refractivity contribution in [2.75, 3.05) is 6.54 Å². The third kappa shape index (κ3) is 4.55. The first kappa shape index (κ1) is 20.8. The summed E-state index contributed by atoms with van der Waals surface area (Å²) in [5.41, 5.74) is 0.232. The number of aliphatic hydroxyl groups is 2. The Morgan fingerprint density at radius 2 is 2.22 bits per heavy atom. The van der Waals surface area contributed by atoms with E-state index in [0.717, 1.165) is 6.42 Å². The van der Waals surface area contributed by atoms with Crippen LogP contribution in [0.3, 0.4) is 0 Å². The van der Waals surface area contributed by atoms with Gasteiger partial charge in [-0.3, -0.25) is 9.36 Å². The highest BCUT2D eigenvalue weighted by molar-refractivity contribution is 9.10. The Kier molecular flexibility index (Phi) is 6.60. The maximum absolute atomic E-state index is 12.7. The van der Waals surface area contributed by atoms with Gasteiger partial charge < -0.3 is 20.0 Å². The number of nitrogens with zero attached hydrogens (tertiary/aromatic N) is 3. The van der Waals surface area contributed by atoms with Gasteiger partial charge >= 0.3 is 7.05 Å². The average molecular weight is 459 g/mol. The molecule has 1 saturated heterocycles. The van der Waals surface area contributed by atoms with E-state index in [1.807, 2.05) is 0 Å². The fourth-order valence-electron chi connectivity index (χ4n) is 3.68. The quantitative estimate of drug-likeness (QED) is 0.588. The molecule has 1 aromatic carbocycles. The van der Waals surface area contributed by atoms with E-state index in [1.165, 1.54) is 10.9 Å². The van der Waals surface area contributed by atoms with Crippen molar-refractivity contribution in [3.05, 3.63) is 38.3 Å². The summed E-state index contributed by atoms with van der Waals surface area (Å²) >= 11 is 9.39. The second-order valence-electron chi connectivity index (χ2n) is 7.02. The molecule has 0 bridgehead atoms. The lowest BCUT2D eigenvalue weighted by molar-refractivity contribution is 0.0109.